The van der Waals surface area contributed by atoms with Gasteiger partial charge in [0, 0.05) is 23.6 Å². The van der Waals surface area contributed by atoms with Crippen molar-refractivity contribution in [3.63, 3.8) is 0 Å². The molecule has 4 rings (SSSR count). The molecule has 0 spiro atoms. The predicted molar refractivity (Wildman–Crippen MR) is 88.9 cm³/mol. The largest absolute Gasteiger partial charge is 0.361 e. The van der Waals surface area contributed by atoms with Crippen LogP contribution in [0.1, 0.15) is 21.7 Å². The van der Waals surface area contributed by atoms with E-state index in [1.165, 1.54) is 0 Å². The van der Waals surface area contributed by atoms with Gasteiger partial charge in [0.15, 0.2) is 5.69 Å². The summed E-state index contributed by atoms with van der Waals surface area (Å²) < 4.78 is 1.69. The highest BCUT2D eigenvalue weighted by atomic mass is 16.5. The maximum absolute atomic E-state index is 12.7. The minimum atomic E-state index is -0.654. The quantitative estimate of drug-likeness (QED) is 0.490. The van der Waals surface area contributed by atoms with Gasteiger partial charge in [0.2, 0.25) is 5.91 Å². The Labute approximate surface area is 143 Å². The summed E-state index contributed by atoms with van der Waals surface area (Å²) in [7, 11) is 0. The molecule has 0 aliphatic carbocycles. The van der Waals surface area contributed by atoms with Gasteiger partial charge in [-0.05, 0) is 17.7 Å². The van der Waals surface area contributed by atoms with Crippen LogP contribution >= 0.6 is 0 Å². The third-order valence-electron chi connectivity index (χ3n) is 4.50. The number of aromatic nitrogens is 3. The van der Waals surface area contributed by atoms with Crippen LogP contribution < -0.4 is 5.48 Å². The van der Waals surface area contributed by atoms with Crippen LogP contribution in [-0.2, 0) is 24.3 Å². The molecule has 3 aromatic rings. The molecule has 0 saturated carbocycles. The molecule has 3 N–H and O–H groups in total. The van der Waals surface area contributed by atoms with Gasteiger partial charge >= 0.3 is 0 Å². The van der Waals surface area contributed by atoms with E-state index < -0.39 is 5.91 Å². The Morgan fingerprint density at radius 1 is 1.28 bits per heavy atom. The highest BCUT2D eigenvalue weighted by Gasteiger charge is 2.24. The summed E-state index contributed by atoms with van der Waals surface area (Å²) in [5.74, 6) is -0.621. The highest BCUT2D eigenvalue weighted by Crippen LogP contribution is 2.20. The lowest BCUT2D eigenvalue weighted by Crippen LogP contribution is -2.39. The monoisotopic (exact) mass is 339 g/mol. The molecule has 0 unspecified atom stereocenters. The Morgan fingerprint density at radius 3 is 2.96 bits per heavy atom. The molecule has 0 bridgehead atoms. The SMILES string of the molecule is O=C(NO)c1cc2n(n1)CCN(C(=O)Cc1c[nH]c3ccccc13)C2. The van der Waals surface area contributed by atoms with Gasteiger partial charge in [0.05, 0.1) is 25.2 Å². The summed E-state index contributed by atoms with van der Waals surface area (Å²) in [4.78, 5) is 29.1. The molecule has 2 amide bonds. The first-order valence-electron chi connectivity index (χ1n) is 7.99. The number of hydrogen-bond acceptors (Lipinski definition) is 4. The zero-order valence-electron chi connectivity index (χ0n) is 13.4. The van der Waals surface area contributed by atoms with Crippen LogP contribution in [0, 0.1) is 0 Å². The smallest absolute Gasteiger partial charge is 0.295 e. The van der Waals surface area contributed by atoms with Crippen LogP contribution in [-0.4, -0.2) is 43.2 Å². The van der Waals surface area contributed by atoms with Crippen molar-refractivity contribution in [2.24, 2.45) is 0 Å². The van der Waals surface area contributed by atoms with E-state index in [2.05, 4.69) is 10.1 Å². The van der Waals surface area contributed by atoms with Crippen LogP contribution in [0.15, 0.2) is 36.5 Å². The molecule has 8 nitrogen and oxygen atoms in total. The number of hydrogen-bond donors (Lipinski definition) is 3. The second-order valence-corrected chi connectivity index (χ2v) is 6.04. The molecule has 2 aromatic heterocycles. The van der Waals surface area contributed by atoms with E-state index in [1.54, 1.807) is 21.1 Å². The van der Waals surface area contributed by atoms with Crippen LogP contribution in [0.3, 0.4) is 0 Å². The van der Waals surface area contributed by atoms with Gasteiger partial charge in [-0.2, -0.15) is 5.10 Å². The molecule has 128 valence electrons. The third kappa shape index (κ3) is 2.76. The zero-order chi connectivity index (χ0) is 17.4. The van der Waals surface area contributed by atoms with Crippen molar-refractivity contribution in [1.82, 2.24) is 25.1 Å². The van der Waals surface area contributed by atoms with Crippen molar-refractivity contribution in [1.29, 1.82) is 0 Å². The minimum Gasteiger partial charge on any atom is -0.361 e. The lowest BCUT2D eigenvalue weighted by atomic mass is 10.1. The summed E-state index contributed by atoms with van der Waals surface area (Å²) in [6, 6.07) is 9.49. The number of hydroxylamine groups is 1. The number of carbonyl (C=O) groups excluding carboxylic acids is 2. The first kappa shape index (κ1) is 15.4. The van der Waals surface area contributed by atoms with Gasteiger partial charge in [0.25, 0.3) is 5.91 Å². The van der Waals surface area contributed by atoms with Crippen molar-refractivity contribution in [2.75, 3.05) is 6.54 Å². The number of fused-ring (bicyclic) bond motifs is 2. The van der Waals surface area contributed by atoms with Crippen LogP contribution in [0.5, 0.6) is 0 Å². The lowest BCUT2D eigenvalue weighted by molar-refractivity contribution is -0.131. The molecule has 1 aliphatic rings. The Morgan fingerprint density at radius 2 is 2.12 bits per heavy atom. The van der Waals surface area contributed by atoms with E-state index in [-0.39, 0.29) is 11.6 Å². The molecular weight excluding hydrogens is 322 g/mol. The summed E-state index contributed by atoms with van der Waals surface area (Å²) >= 11 is 0. The number of aromatic amines is 1. The lowest BCUT2D eigenvalue weighted by Gasteiger charge is -2.27. The maximum atomic E-state index is 12.7. The Bertz CT molecular complexity index is 958. The number of para-hydroxylation sites is 1. The summed E-state index contributed by atoms with van der Waals surface area (Å²) in [6.45, 7) is 1.45. The van der Waals surface area contributed by atoms with Gasteiger partial charge in [0.1, 0.15) is 0 Å². The van der Waals surface area contributed by atoms with Crippen molar-refractivity contribution >= 4 is 22.7 Å². The fourth-order valence-corrected chi connectivity index (χ4v) is 3.20. The molecule has 0 fully saturated rings. The molecule has 1 aromatic carbocycles. The number of H-pyrrole nitrogens is 1. The van der Waals surface area contributed by atoms with E-state index in [1.807, 2.05) is 30.5 Å². The summed E-state index contributed by atoms with van der Waals surface area (Å²) in [6.07, 6.45) is 2.20. The zero-order valence-corrected chi connectivity index (χ0v) is 13.4. The summed E-state index contributed by atoms with van der Waals surface area (Å²) in [5.41, 5.74) is 4.48. The van der Waals surface area contributed by atoms with Crippen molar-refractivity contribution in [2.45, 2.75) is 19.5 Å². The first-order chi connectivity index (χ1) is 12.2. The van der Waals surface area contributed by atoms with Gasteiger partial charge in [-0.3, -0.25) is 19.5 Å². The van der Waals surface area contributed by atoms with Gasteiger partial charge in [-0.15, -0.1) is 0 Å². The fraction of sp³-hybridized carbons (Fsp3) is 0.235. The van der Waals surface area contributed by atoms with Gasteiger partial charge in [-0.1, -0.05) is 18.2 Å². The van der Waals surface area contributed by atoms with E-state index in [4.69, 9.17) is 5.21 Å². The Balaban J connectivity index is 1.50. The molecule has 25 heavy (non-hydrogen) atoms. The second kappa shape index (κ2) is 6.06. The van der Waals surface area contributed by atoms with E-state index in [9.17, 15) is 9.59 Å². The van der Waals surface area contributed by atoms with Gasteiger partial charge in [-0.25, -0.2) is 5.48 Å². The molecule has 8 heteroatoms. The fourth-order valence-electron chi connectivity index (χ4n) is 3.20. The van der Waals surface area contributed by atoms with Crippen molar-refractivity contribution < 1.29 is 14.8 Å². The van der Waals surface area contributed by atoms with Crippen LogP contribution in [0.4, 0.5) is 0 Å². The van der Waals surface area contributed by atoms with Crippen LogP contribution in [0.2, 0.25) is 0 Å². The first-order valence-corrected chi connectivity index (χ1v) is 7.99. The minimum absolute atomic E-state index is 0.0327. The normalized spacial score (nSPS) is 13.7. The number of rotatable bonds is 3. The average Bonchev–Trinajstić information content (AvgIpc) is 3.24. The number of nitrogens with one attached hydrogen (secondary N) is 2. The summed E-state index contributed by atoms with van der Waals surface area (Å²) in [5, 5.41) is 13.9. The van der Waals surface area contributed by atoms with E-state index >= 15 is 0 Å². The molecule has 0 atom stereocenters. The Hall–Kier alpha value is -3.13. The van der Waals surface area contributed by atoms with Crippen molar-refractivity contribution in [3.05, 3.63) is 53.5 Å². The number of amides is 2. The molecular formula is C17H17N5O3. The van der Waals surface area contributed by atoms with E-state index in [0.29, 0.717) is 26.1 Å². The van der Waals surface area contributed by atoms with E-state index in [0.717, 1.165) is 22.2 Å². The van der Waals surface area contributed by atoms with Crippen LogP contribution in [0.25, 0.3) is 10.9 Å². The maximum Gasteiger partial charge on any atom is 0.295 e. The number of carbonyl (C=O) groups is 2. The average molecular weight is 339 g/mol. The number of benzene rings is 1. The van der Waals surface area contributed by atoms with Gasteiger partial charge < -0.3 is 9.88 Å². The molecule has 3 heterocycles. The van der Waals surface area contributed by atoms with Crippen molar-refractivity contribution in [3.8, 4) is 0 Å². The second-order valence-electron chi connectivity index (χ2n) is 6.04. The highest BCUT2D eigenvalue weighted by molar-refractivity contribution is 5.91. The third-order valence-corrected chi connectivity index (χ3v) is 4.50. The molecule has 0 radical (unpaired) electrons. The predicted octanol–water partition coefficient (Wildman–Crippen LogP) is 1.07. The molecule has 1 aliphatic heterocycles. The standard InChI is InChI=1S/C17H17N5O3/c23-16(7-11-9-18-14-4-2-1-3-13(11)14)21-5-6-22-12(10-21)8-15(19-22)17(24)20-25/h1-4,8-9,18,25H,5-7,10H2,(H,20,24). The topological polar surface area (TPSA) is 103 Å². The number of nitrogens with zero attached hydrogens (tertiary/aromatic N) is 3. The molecule has 0 saturated heterocycles. The Kier molecular flexibility index (Phi) is 3.73.